The normalized spacial score (nSPS) is 21.3. The molecule has 1 aliphatic heterocycles. The van der Waals surface area contributed by atoms with Gasteiger partial charge in [0.1, 0.15) is 5.82 Å². The van der Waals surface area contributed by atoms with Gasteiger partial charge in [-0.3, -0.25) is 9.98 Å². The van der Waals surface area contributed by atoms with E-state index in [0.29, 0.717) is 41.6 Å². The summed E-state index contributed by atoms with van der Waals surface area (Å²) in [7, 11) is 0. The summed E-state index contributed by atoms with van der Waals surface area (Å²) in [6, 6.07) is 3.91. The fourth-order valence-electron chi connectivity index (χ4n) is 4.63. The van der Waals surface area contributed by atoms with Crippen LogP contribution in [0.2, 0.25) is 0 Å². The van der Waals surface area contributed by atoms with E-state index in [9.17, 15) is 9.18 Å². The first-order chi connectivity index (χ1) is 15.9. The molecule has 0 bridgehead atoms. The summed E-state index contributed by atoms with van der Waals surface area (Å²) in [6.45, 7) is 0. The lowest BCUT2D eigenvalue weighted by Gasteiger charge is -2.29. The largest absolute Gasteiger partial charge is 0.479 e. The zero-order valence-electron chi connectivity index (χ0n) is 17.7. The van der Waals surface area contributed by atoms with E-state index in [1.807, 2.05) is 18.2 Å². The number of aromatic nitrogens is 4. The number of nitrogens with zero attached hydrogens (tertiary/aromatic N) is 5. The number of halogens is 2. The minimum Gasteiger partial charge on any atom is -0.479 e. The average molecular weight is 513 g/mol. The lowest BCUT2D eigenvalue weighted by molar-refractivity contribution is -0.145. The van der Waals surface area contributed by atoms with Crippen LogP contribution in [0.5, 0.6) is 0 Å². The summed E-state index contributed by atoms with van der Waals surface area (Å²) in [5.74, 6) is -1.36. The number of rotatable bonds is 5. The van der Waals surface area contributed by atoms with Crippen molar-refractivity contribution >= 4 is 39.1 Å². The lowest BCUT2D eigenvalue weighted by Crippen LogP contribution is -2.28. The first kappa shape index (κ1) is 21.7. The number of aliphatic carboxylic acids is 1. The fraction of sp³-hybridized carbons (Fsp3) is 0.348. The van der Waals surface area contributed by atoms with Crippen molar-refractivity contribution in [3.63, 3.8) is 0 Å². The second-order valence-corrected chi connectivity index (χ2v) is 9.23. The van der Waals surface area contributed by atoms with Crippen molar-refractivity contribution in [1.29, 1.82) is 0 Å². The molecule has 1 aliphatic carbocycles. The number of carbonyl (C=O) groups is 1. The maximum Gasteiger partial charge on any atom is 0.338 e. The van der Waals surface area contributed by atoms with Crippen molar-refractivity contribution in [2.45, 2.75) is 44.2 Å². The molecule has 33 heavy (non-hydrogen) atoms. The summed E-state index contributed by atoms with van der Waals surface area (Å²) in [5, 5.41) is 13.4. The van der Waals surface area contributed by atoms with Gasteiger partial charge >= 0.3 is 5.97 Å². The summed E-state index contributed by atoms with van der Waals surface area (Å²) in [4.78, 5) is 24.8. The Hall–Kier alpha value is -3.14. The van der Waals surface area contributed by atoms with Crippen LogP contribution >= 0.6 is 15.9 Å². The molecule has 3 aromatic rings. The number of alkyl halides is 1. The highest BCUT2D eigenvalue weighted by Crippen LogP contribution is 2.41. The molecule has 10 heteroatoms. The van der Waals surface area contributed by atoms with Crippen molar-refractivity contribution < 1.29 is 14.3 Å². The van der Waals surface area contributed by atoms with Crippen LogP contribution in [0.15, 0.2) is 46.3 Å². The van der Waals surface area contributed by atoms with Crippen LogP contribution in [0, 0.1) is 5.92 Å². The van der Waals surface area contributed by atoms with Crippen LogP contribution in [0.4, 0.5) is 10.2 Å². The molecule has 3 aromatic heterocycles. The standard InChI is InChI=1S/C23H22BrFN6O2/c24-18-20(13-5-3-12(4-6-13)19(25)23(32)33)30-22-15(11-29-31(22)21(18)26)14-7-8-17(28-10-14)16-2-1-9-27-16/h1,7-13,19H,2-6,26H2,(H,32,33). The number of pyridine rings is 1. The molecule has 4 heterocycles. The van der Waals surface area contributed by atoms with Gasteiger partial charge in [0.2, 0.25) is 0 Å². The molecule has 0 amide bonds. The predicted octanol–water partition coefficient (Wildman–Crippen LogP) is 4.54. The second-order valence-electron chi connectivity index (χ2n) is 8.44. The SMILES string of the molecule is Nc1c(Br)c(C2CCC(C(F)C(=O)O)CC2)nc2c(-c3ccc(C4=NC=CC4)nc3)cnn12. The van der Waals surface area contributed by atoms with Gasteiger partial charge in [0.15, 0.2) is 11.8 Å². The smallest absolute Gasteiger partial charge is 0.338 e. The Morgan fingerprint density at radius 2 is 2.03 bits per heavy atom. The van der Waals surface area contributed by atoms with E-state index < -0.39 is 18.1 Å². The second kappa shape index (κ2) is 8.66. The fourth-order valence-corrected chi connectivity index (χ4v) is 5.21. The van der Waals surface area contributed by atoms with Crippen LogP contribution in [-0.2, 0) is 4.79 Å². The van der Waals surface area contributed by atoms with E-state index in [1.54, 1.807) is 23.1 Å². The molecule has 0 saturated heterocycles. The lowest BCUT2D eigenvalue weighted by atomic mass is 9.78. The number of carboxylic acids is 1. The molecular formula is C23H22BrFN6O2. The van der Waals surface area contributed by atoms with E-state index in [-0.39, 0.29) is 5.92 Å². The summed E-state index contributed by atoms with van der Waals surface area (Å²) < 4.78 is 16.2. The maximum absolute atomic E-state index is 13.9. The first-order valence-electron chi connectivity index (χ1n) is 10.8. The average Bonchev–Trinajstić information content (AvgIpc) is 3.51. The number of nitrogen functional groups attached to an aromatic ring is 1. The van der Waals surface area contributed by atoms with E-state index in [2.05, 4.69) is 31.0 Å². The minimum atomic E-state index is -1.82. The number of carboxylic acid groups (broad SMARTS) is 1. The monoisotopic (exact) mass is 512 g/mol. The van der Waals surface area contributed by atoms with Gasteiger partial charge in [-0.05, 0) is 47.7 Å². The van der Waals surface area contributed by atoms with Crippen molar-refractivity contribution in [3.05, 3.63) is 52.7 Å². The summed E-state index contributed by atoms with van der Waals surface area (Å²) >= 11 is 3.57. The Morgan fingerprint density at radius 3 is 2.67 bits per heavy atom. The topological polar surface area (TPSA) is 119 Å². The Balaban J connectivity index is 1.45. The Kier molecular flexibility index (Phi) is 5.69. The first-order valence-corrected chi connectivity index (χ1v) is 11.6. The molecule has 3 N–H and O–H groups in total. The van der Waals surface area contributed by atoms with Gasteiger partial charge in [-0.2, -0.15) is 9.61 Å². The van der Waals surface area contributed by atoms with E-state index >= 15 is 0 Å². The van der Waals surface area contributed by atoms with E-state index in [4.69, 9.17) is 15.8 Å². The zero-order valence-corrected chi connectivity index (χ0v) is 19.2. The molecule has 2 aliphatic rings. The zero-order chi connectivity index (χ0) is 23.1. The summed E-state index contributed by atoms with van der Waals surface area (Å²) in [5.41, 5.74) is 11.2. The number of hydrogen-bond acceptors (Lipinski definition) is 6. The van der Waals surface area contributed by atoms with Crippen molar-refractivity contribution in [2.75, 3.05) is 5.73 Å². The minimum absolute atomic E-state index is 0.0556. The highest BCUT2D eigenvalue weighted by Gasteiger charge is 2.34. The van der Waals surface area contributed by atoms with Crippen LogP contribution in [0.3, 0.4) is 0 Å². The van der Waals surface area contributed by atoms with Crippen molar-refractivity contribution in [2.24, 2.45) is 10.9 Å². The molecule has 5 rings (SSSR count). The van der Waals surface area contributed by atoms with Crippen LogP contribution < -0.4 is 5.73 Å². The number of anilines is 1. The molecule has 0 radical (unpaired) electrons. The van der Waals surface area contributed by atoms with Gasteiger partial charge in [-0.25, -0.2) is 14.2 Å². The van der Waals surface area contributed by atoms with Gasteiger partial charge in [-0.1, -0.05) is 12.1 Å². The molecule has 1 atom stereocenters. The van der Waals surface area contributed by atoms with Crippen molar-refractivity contribution in [1.82, 2.24) is 19.6 Å². The Bertz CT molecular complexity index is 1280. The number of hydrogen-bond donors (Lipinski definition) is 2. The van der Waals surface area contributed by atoms with Crippen LogP contribution in [0.25, 0.3) is 16.8 Å². The van der Waals surface area contributed by atoms with Gasteiger partial charge < -0.3 is 10.8 Å². The van der Waals surface area contributed by atoms with E-state index in [0.717, 1.165) is 34.6 Å². The van der Waals surface area contributed by atoms with Gasteiger partial charge in [0.25, 0.3) is 0 Å². The number of fused-ring (bicyclic) bond motifs is 1. The molecule has 1 fully saturated rings. The third-order valence-electron chi connectivity index (χ3n) is 6.47. The number of nitrogens with two attached hydrogens (primary N) is 1. The number of aliphatic imine (C=N–C) groups is 1. The third kappa shape index (κ3) is 3.92. The molecule has 170 valence electrons. The molecule has 0 spiro atoms. The predicted molar refractivity (Wildman–Crippen MR) is 126 cm³/mol. The van der Waals surface area contributed by atoms with Crippen LogP contribution in [-0.4, -0.2) is 42.5 Å². The summed E-state index contributed by atoms with van der Waals surface area (Å²) in [6.07, 6.45) is 8.51. The highest BCUT2D eigenvalue weighted by atomic mass is 79.9. The highest BCUT2D eigenvalue weighted by molar-refractivity contribution is 9.10. The quantitative estimate of drug-likeness (QED) is 0.517. The third-order valence-corrected chi connectivity index (χ3v) is 7.29. The van der Waals surface area contributed by atoms with Crippen LogP contribution in [0.1, 0.15) is 49.4 Å². The molecule has 0 aromatic carbocycles. The van der Waals surface area contributed by atoms with Gasteiger partial charge in [0, 0.05) is 41.8 Å². The molecule has 1 unspecified atom stereocenters. The van der Waals surface area contributed by atoms with Crippen molar-refractivity contribution in [3.8, 4) is 11.1 Å². The molecule has 1 saturated carbocycles. The maximum atomic E-state index is 13.9. The van der Waals surface area contributed by atoms with Gasteiger partial charge in [0.05, 0.1) is 27.8 Å². The molecule has 8 nitrogen and oxygen atoms in total. The van der Waals surface area contributed by atoms with E-state index in [1.165, 1.54) is 0 Å². The Labute approximate surface area is 197 Å². The number of allylic oxidation sites excluding steroid dienone is 1. The Morgan fingerprint density at radius 1 is 1.24 bits per heavy atom. The van der Waals surface area contributed by atoms with Gasteiger partial charge in [-0.15, -0.1) is 0 Å². The molecular weight excluding hydrogens is 491 g/mol.